The van der Waals surface area contributed by atoms with Crippen LogP contribution in [-0.2, 0) is 12.5 Å². The smallest absolute Gasteiger partial charge is 0.186 e. The lowest BCUT2D eigenvalue weighted by atomic mass is 9.92. The van der Waals surface area contributed by atoms with Crippen molar-refractivity contribution in [1.29, 1.82) is 0 Å². The third kappa shape index (κ3) is 2.85. The molecule has 0 saturated carbocycles. The van der Waals surface area contributed by atoms with Gasteiger partial charge >= 0.3 is 0 Å². The SMILES string of the molecule is CN(c1ncnc2nn(C)cc12)C1CN(c2ccc(C(C)(C)C)nn2)C1. The van der Waals surface area contributed by atoms with Gasteiger partial charge in [-0.05, 0) is 12.1 Å². The van der Waals surface area contributed by atoms with Crippen molar-refractivity contribution in [3.63, 3.8) is 0 Å². The Morgan fingerprint density at radius 3 is 2.54 bits per heavy atom. The maximum absolute atomic E-state index is 4.47. The highest BCUT2D eigenvalue weighted by Gasteiger charge is 2.33. The molecule has 0 radical (unpaired) electrons. The summed E-state index contributed by atoms with van der Waals surface area (Å²) in [6.07, 6.45) is 3.54. The Morgan fingerprint density at radius 2 is 1.88 bits per heavy atom. The molecule has 0 amide bonds. The molecule has 4 rings (SSSR count). The lowest BCUT2D eigenvalue weighted by Gasteiger charge is -2.44. The Morgan fingerprint density at radius 1 is 1.12 bits per heavy atom. The molecular weight excluding hydrogens is 328 g/mol. The molecule has 1 aliphatic rings. The lowest BCUT2D eigenvalue weighted by molar-refractivity contribution is 0.486. The van der Waals surface area contributed by atoms with Gasteiger partial charge in [-0.3, -0.25) is 4.68 Å². The van der Waals surface area contributed by atoms with Crippen LogP contribution in [0.25, 0.3) is 11.0 Å². The number of likely N-dealkylation sites (N-methyl/N-ethyl adjacent to an activating group) is 1. The van der Waals surface area contributed by atoms with E-state index >= 15 is 0 Å². The summed E-state index contributed by atoms with van der Waals surface area (Å²) in [6, 6.07) is 4.51. The van der Waals surface area contributed by atoms with Crippen LogP contribution in [0.3, 0.4) is 0 Å². The number of fused-ring (bicyclic) bond motifs is 1. The van der Waals surface area contributed by atoms with Crippen molar-refractivity contribution in [2.24, 2.45) is 7.05 Å². The van der Waals surface area contributed by atoms with Crippen molar-refractivity contribution in [2.75, 3.05) is 29.9 Å². The first-order chi connectivity index (χ1) is 12.3. The normalized spacial score (nSPS) is 15.3. The van der Waals surface area contributed by atoms with E-state index in [0.717, 1.165) is 41.5 Å². The number of hydrogen-bond donors (Lipinski definition) is 0. The number of hydrogen-bond acceptors (Lipinski definition) is 7. The standard InChI is InChI=1S/C18H24N8/c1-18(2,3)14-6-7-15(22-21-14)26-8-12(9-26)25(5)17-13-10-24(4)23-16(13)19-11-20-17/h6-7,10-12H,8-9H2,1-5H3. The second-order valence-corrected chi connectivity index (χ2v) is 7.93. The zero-order valence-electron chi connectivity index (χ0n) is 15.9. The molecule has 1 aliphatic heterocycles. The summed E-state index contributed by atoms with van der Waals surface area (Å²) in [4.78, 5) is 13.2. The fourth-order valence-corrected chi connectivity index (χ4v) is 3.17. The molecule has 8 nitrogen and oxygen atoms in total. The van der Waals surface area contributed by atoms with Gasteiger partial charge in [-0.2, -0.15) is 10.2 Å². The molecule has 1 fully saturated rings. The number of rotatable bonds is 3. The van der Waals surface area contributed by atoms with E-state index in [1.54, 1.807) is 11.0 Å². The van der Waals surface area contributed by atoms with E-state index in [1.807, 2.05) is 13.2 Å². The molecule has 3 aromatic heterocycles. The number of aromatic nitrogens is 6. The van der Waals surface area contributed by atoms with Crippen molar-refractivity contribution < 1.29 is 0 Å². The van der Waals surface area contributed by atoms with E-state index < -0.39 is 0 Å². The highest BCUT2D eigenvalue weighted by molar-refractivity contribution is 5.86. The van der Waals surface area contributed by atoms with Crippen molar-refractivity contribution in [1.82, 2.24) is 29.9 Å². The molecule has 26 heavy (non-hydrogen) atoms. The molecule has 1 saturated heterocycles. The fraction of sp³-hybridized carbons (Fsp3) is 0.500. The van der Waals surface area contributed by atoms with Crippen LogP contribution < -0.4 is 9.80 Å². The summed E-state index contributed by atoms with van der Waals surface area (Å²) in [5.41, 5.74) is 1.75. The maximum Gasteiger partial charge on any atom is 0.186 e. The Bertz CT molecular complexity index is 919. The van der Waals surface area contributed by atoms with E-state index in [0.29, 0.717) is 6.04 Å². The highest BCUT2D eigenvalue weighted by atomic mass is 15.4. The molecule has 0 N–H and O–H groups in total. The molecule has 0 atom stereocenters. The van der Waals surface area contributed by atoms with Crippen molar-refractivity contribution in [3.8, 4) is 0 Å². The largest absolute Gasteiger partial charge is 0.352 e. The Hall–Kier alpha value is -2.77. The fourth-order valence-electron chi connectivity index (χ4n) is 3.17. The van der Waals surface area contributed by atoms with Gasteiger partial charge in [0.15, 0.2) is 11.5 Å². The van der Waals surface area contributed by atoms with Crippen LogP contribution in [0.1, 0.15) is 26.5 Å². The number of aryl methyl sites for hydroxylation is 1. The van der Waals surface area contributed by atoms with E-state index in [-0.39, 0.29) is 5.41 Å². The molecule has 0 aliphatic carbocycles. The zero-order chi connectivity index (χ0) is 18.5. The van der Waals surface area contributed by atoms with E-state index in [1.165, 1.54) is 0 Å². The lowest BCUT2D eigenvalue weighted by Crippen LogP contribution is -2.59. The van der Waals surface area contributed by atoms with Crippen molar-refractivity contribution >= 4 is 22.7 Å². The van der Waals surface area contributed by atoms with Gasteiger partial charge in [-0.1, -0.05) is 20.8 Å². The highest BCUT2D eigenvalue weighted by Crippen LogP contribution is 2.28. The maximum atomic E-state index is 4.47. The van der Waals surface area contributed by atoms with Crippen LogP contribution >= 0.6 is 0 Å². The summed E-state index contributed by atoms with van der Waals surface area (Å²) in [5, 5.41) is 14.1. The molecule has 8 heteroatoms. The first-order valence-electron chi connectivity index (χ1n) is 8.79. The zero-order valence-corrected chi connectivity index (χ0v) is 15.9. The Kier molecular flexibility index (Phi) is 3.78. The first kappa shape index (κ1) is 16.7. The van der Waals surface area contributed by atoms with E-state index in [2.05, 4.69) is 75.0 Å². The van der Waals surface area contributed by atoms with Gasteiger partial charge in [-0.25, -0.2) is 9.97 Å². The predicted octanol–water partition coefficient (Wildman–Crippen LogP) is 1.78. The summed E-state index contributed by atoms with van der Waals surface area (Å²) in [7, 11) is 3.97. The minimum Gasteiger partial charge on any atom is -0.352 e. The molecule has 0 unspecified atom stereocenters. The third-order valence-corrected chi connectivity index (χ3v) is 4.90. The topological polar surface area (TPSA) is 75.9 Å². The van der Waals surface area contributed by atoms with Crippen LogP contribution in [0, 0.1) is 0 Å². The molecule has 4 heterocycles. The first-order valence-corrected chi connectivity index (χ1v) is 8.79. The molecular formula is C18H24N8. The van der Waals surface area contributed by atoms with Gasteiger partial charge in [0.2, 0.25) is 0 Å². The molecule has 0 spiro atoms. The van der Waals surface area contributed by atoms with E-state index in [4.69, 9.17) is 0 Å². The van der Waals surface area contributed by atoms with Crippen molar-refractivity contribution in [2.45, 2.75) is 32.2 Å². The van der Waals surface area contributed by atoms with Crippen LogP contribution in [0.5, 0.6) is 0 Å². The van der Waals surface area contributed by atoms with Gasteiger partial charge in [0.25, 0.3) is 0 Å². The summed E-state index contributed by atoms with van der Waals surface area (Å²) in [5.74, 6) is 1.85. The molecule has 0 bridgehead atoms. The van der Waals surface area contributed by atoms with Crippen LogP contribution in [-0.4, -0.2) is 56.1 Å². The van der Waals surface area contributed by atoms with Gasteiger partial charge in [0.05, 0.1) is 17.1 Å². The van der Waals surface area contributed by atoms with Crippen LogP contribution in [0.2, 0.25) is 0 Å². The van der Waals surface area contributed by atoms with E-state index in [9.17, 15) is 0 Å². The number of nitrogens with zero attached hydrogens (tertiary/aromatic N) is 8. The van der Waals surface area contributed by atoms with Gasteiger partial charge < -0.3 is 9.80 Å². The second kappa shape index (κ2) is 5.89. The number of anilines is 2. The molecule has 0 aromatic carbocycles. The monoisotopic (exact) mass is 352 g/mol. The predicted molar refractivity (Wildman–Crippen MR) is 101 cm³/mol. The average molecular weight is 352 g/mol. The van der Waals surface area contributed by atoms with Crippen molar-refractivity contribution in [3.05, 3.63) is 30.4 Å². The van der Waals surface area contributed by atoms with Gasteiger partial charge in [-0.15, -0.1) is 5.10 Å². The summed E-state index contributed by atoms with van der Waals surface area (Å²) < 4.78 is 1.77. The Labute approximate surface area is 152 Å². The van der Waals surface area contributed by atoms with Crippen LogP contribution in [0.4, 0.5) is 11.6 Å². The molecule has 3 aromatic rings. The summed E-state index contributed by atoms with van der Waals surface area (Å²) in [6.45, 7) is 8.22. The second-order valence-electron chi connectivity index (χ2n) is 7.93. The molecule has 136 valence electrons. The minimum absolute atomic E-state index is 0.0192. The third-order valence-electron chi connectivity index (χ3n) is 4.90. The van der Waals surface area contributed by atoms with Crippen LogP contribution in [0.15, 0.2) is 24.7 Å². The minimum atomic E-state index is 0.0192. The Balaban J connectivity index is 1.47. The average Bonchev–Trinajstić information content (AvgIpc) is 2.93. The quantitative estimate of drug-likeness (QED) is 0.711. The van der Waals surface area contributed by atoms with Gasteiger partial charge in [0.1, 0.15) is 12.1 Å². The van der Waals surface area contributed by atoms with Gasteiger partial charge in [0, 0.05) is 38.8 Å². The summed E-state index contributed by atoms with van der Waals surface area (Å²) >= 11 is 0.